The number of halogens is 1. The first-order valence-corrected chi connectivity index (χ1v) is 7.00. The number of anilines is 2. The van der Waals surface area contributed by atoms with Crippen LogP contribution in [0.4, 0.5) is 11.8 Å². The second-order valence-electron chi connectivity index (χ2n) is 4.27. The lowest BCUT2D eigenvalue weighted by molar-refractivity contribution is 0.807. The normalized spacial score (nSPS) is 14.8. The zero-order valence-electron chi connectivity index (χ0n) is 10.6. The lowest BCUT2D eigenvalue weighted by Gasteiger charge is -2.20. The quantitative estimate of drug-likeness (QED) is 0.907. The Morgan fingerprint density at radius 1 is 1.29 bits per heavy atom. The average molecular weight is 299 g/mol. The summed E-state index contributed by atoms with van der Waals surface area (Å²) in [5.41, 5.74) is 1.16. The molecule has 5 heteroatoms. The van der Waals surface area contributed by atoms with Gasteiger partial charge >= 0.3 is 0 Å². The first-order chi connectivity index (χ1) is 8.21. The number of nitrogens with one attached hydrogen (secondary N) is 1. The minimum atomic E-state index is 0.619. The molecule has 0 aliphatic heterocycles. The van der Waals surface area contributed by atoms with E-state index in [9.17, 15) is 0 Å². The van der Waals surface area contributed by atoms with E-state index in [1.165, 1.54) is 12.8 Å². The second-order valence-corrected chi connectivity index (χ2v) is 5.06. The summed E-state index contributed by atoms with van der Waals surface area (Å²) >= 11 is 3.60. The predicted molar refractivity (Wildman–Crippen MR) is 74.8 cm³/mol. The second kappa shape index (κ2) is 5.21. The molecule has 17 heavy (non-hydrogen) atoms. The van der Waals surface area contributed by atoms with Crippen molar-refractivity contribution in [1.82, 2.24) is 9.97 Å². The molecule has 0 bridgehead atoms. The molecule has 94 valence electrons. The molecule has 4 nitrogen and oxygen atoms in total. The molecule has 1 aromatic rings. The van der Waals surface area contributed by atoms with Crippen molar-refractivity contribution in [2.45, 2.75) is 32.6 Å². The minimum absolute atomic E-state index is 0.619. The fraction of sp³-hybridized carbons (Fsp3) is 0.667. The summed E-state index contributed by atoms with van der Waals surface area (Å²) in [5.74, 6) is 2.35. The Morgan fingerprint density at radius 2 is 1.94 bits per heavy atom. The van der Waals surface area contributed by atoms with E-state index in [1.807, 2.05) is 7.05 Å². The maximum absolute atomic E-state index is 4.71. The van der Waals surface area contributed by atoms with Crippen LogP contribution in [0.25, 0.3) is 0 Å². The van der Waals surface area contributed by atoms with Gasteiger partial charge in [-0.15, -0.1) is 0 Å². The van der Waals surface area contributed by atoms with E-state index >= 15 is 0 Å². The maximum Gasteiger partial charge on any atom is 0.227 e. The van der Waals surface area contributed by atoms with Crippen LogP contribution in [0.15, 0.2) is 4.47 Å². The number of nitrogens with zero attached hydrogens (tertiary/aromatic N) is 3. The van der Waals surface area contributed by atoms with Gasteiger partial charge in [-0.05, 0) is 42.6 Å². The van der Waals surface area contributed by atoms with Crippen LogP contribution in [0.2, 0.25) is 0 Å². The largest absolute Gasteiger partial charge is 0.372 e. The van der Waals surface area contributed by atoms with Gasteiger partial charge in [-0.3, -0.25) is 0 Å². The first-order valence-electron chi connectivity index (χ1n) is 6.21. The van der Waals surface area contributed by atoms with Crippen molar-refractivity contribution in [3.8, 4) is 0 Å². The Kier molecular flexibility index (Phi) is 3.86. The van der Waals surface area contributed by atoms with Crippen LogP contribution in [0.3, 0.4) is 0 Å². The Bertz CT molecular complexity index is 400. The molecule has 1 fully saturated rings. The fourth-order valence-electron chi connectivity index (χ4n) is 1.89. The Morgan fingerprint density at radius 3 is 2.41 bits per heavy atom. The van der Waals surface area contributed by atoms with Gasteiger partial charge in [0.25, 0.3) is 0 Å². The molecule has 0 spiro atoms. The summed E-state index contributed by atoms with van der Waals surface area (Å²) < 4.78 is 1.03. The molecule has 0 unspecified atom stereocenters. The highest BCUT2D eigenvalue weighted by Crippen LogP contribution is 2.44. The van der Waals surface area contributed by atoms with Gasteiger partial charge in [0, 0.05) is 26.1 Å². The van der Waals surface area contributed by atoms with E-state index in [0.717, 1.165) is 35.0 Å². The van der Waals surface area contributed by atoms with Crippen molar-refractivity contribution in [2.75, 3.05) is 30.4 Å². The first kappa shape index (κ1) is 12.6. The van der Waals surface area contributed by atoms with Crippen molar-refractivity contribution in [3.05, 3.63) is 10.2 Å². The van der Waals surface area contributed by atoms with Crippen LogP contribution in [0.5, 0.6) is 0 Å². The molecular weight excluding hydrogens is 280 g/mol. The Labute approximate surface area is 111 Å². The molecule has 0 atom stereocenters. The standard InChI is InChI=1S/C12H19BrN4/c1-4-17(5-2)12-15-10(8-6-7-8)9(13)11(14-3)16-12/h8H,4-7H2,1-3H3,(H,14,15,16). The number of rotatable bonds is 5. The van der Waals surface area contributed by atoms with Gasteiger partial charge in [-0.25, -0.2) is 4.98 Å². The summed E-state index contributed by atoms with van der Waals surface area (Å²) in [6.45, 7) is 6.13. The molecule has 1 aromatic heterocycles. The summed E-state index contributed by atoms with van der Waals surface area (Å²) in [4.78, 5) is 11.5. The lowest BCUT2D eigenvalue weighted by atomic mass is 10.3. The van der Waals surface area contributed by atoms with Crippen LogP contribution in [0.1, 0.15) is 38.3 Å². The molecule has 0 radical (unpaired) electrons. The molecule has 1 saturated carbocycles. The zero-order chi connectivity index (χ0) is 12.4. The van der Waals surface area contributed by atoms with Crippen LogP contribution < -0.4 is 10.2 Å². The van der Waals surface area contributed by atoms with Crippen LogP contribution >= 0.6 is 15.9 Å². The smallest absolute Gasteiger partial charge is 0.227 e. The number of hydrogen-bond acceptors (Lipinski definition) is 4. The molecule has 0 amide bonds. The molecular formula is C12H19BrN4. The monoisotopic (exact) mass is 298 g/mol. The number of hydrogen-bond donors (Lipinski definition) is 1. The van der Waals surface area contributed by atoms with Gasteiger partial charge in [0.2, 0.25) is 5.95 Å². The molecule has 1 heterocycles. The van der Waals surface area contributed by atoms with E-state index in [-0.39, 0.29) is 0 Å². The average Bonchev–Trinajstić information content (AvgIpc) is 3.16. The molecule has 1 aliphatic rings. The van der Waals surface area contributed by atoms with Gasteiger partial charge < -0.3 is 10.2 Å². The predicted octanol–water partition coefficient (Wildman–Crippen LogP) is 3.00. The van der Waals surface area contributed by atoms with Gasteiger partial charge in [0.05, 0.1) is 10.2 Å². The van der Waals surface area contributed by atoms with E-state index in [2.05, 4.69) is 45.0 Å². The SMILES string of the molecule is CCN(CC)c1nc(NC)c(Br)c(C2CC2)n1. The topological polar surface area (TPSA) is 41.1 Å². The molecule has 0 aromatic carbocycles. The van der Waals surface area contributed by atoms with Crippen LogP contribution in [-0.2, 0) is 0 Å². The Hall–Kier alpha value is -0.840. The summed E-state index contributed by atoms with van der Waals surface area (Å²) in [5, 5.41) is 3.14. The lowest BCUT2D eigenvalue weighted by Crippen LogP contribution is -2.25. The molecule has 1 N–H and O–H groups in total. The van der Waals surface area contributed by atoms with Crippen LogP contribution in [-0.4, -0.2) is 30.1 Å². The third kappa shape index (κ3) is 2.54. The minimum Gasteiger partial charge on any atom is -0.372 e. The van der Waals surface area contributed by atoms with Crippen molar-refractivity contribution < 1.29 is 0 Å². The zero-order valence-corrected chi connectivity index (χ0v) is 12.2. The summed E-state index contributed by atoms with van der Waals surface area (Å²) in [6.07, 6.45) is 2.49. The van der Waals surface area contributed by atoms with E-state index in [1.54, 1.807) is 0 Å². The van der Waals surface area contributed by atoms with Crippen molar-refractivity contribution in [1.29, 1.82) is 0 Å². The third-order valence-corrected chi connectivity index (χ3v) is 3.89. The fourth-order valence-corrected chi connectivity index (χ4v) is 2.59. The van der Waals surface area contributed by atoms with Crippen LogP contribution in [0, 0.1) is 0 Å². The van der Waals surface area contributed by atoms with E-state index in [0.29, 0.717) is 5.92 Å². The van der Waals surface area contributed by atoms with E-state index < -0.39 is 0 Å². The molecule has 0 saturated heterocycles. The highest BCUT2D eigenvalue weighted by atomic mass is 79.9. The van der Waals surface area contributed by atoms with Crippen molar-refractivity contribution in [2.24, 2.45) is 0 Å². The van der Waals surface area contributed by atoms with Gasteiger partial charge in [-0.1, -0.05) is 0 Å². The van der Waals surface area contributed by atoms with E-state index in [4.69, 9.17) is 4.98 Å². The van der Waals surface area contributed by atoms with Crippen molar-refractivity contribution in [3.63, 3.8) is 0 Å². The highest BCUT2D eigenvalue weighted by Gasteiger charge is 2.29. The summed E-state index contributed by atoms with van der Waals surface area (Å²) in [6, 6.07) is 0. The van der Waals surface area contributed by atoms with Gasteiger partial charge in [0.1, 0.15) is 5.82 Å². The maximum atomic E-state index is 4.71. The number of aromatic nitrogens is 2. The Balaban J connectivity index is 2.42. The van der Waals surface area contributed by atoms with Gasteiger partial charge in [-0.2, -0.15) is 4.98 Å². The van der Waals surface area contributed by atoms with Crippen molar-refractivity contribution >= 4 is 27.7 Å². The molecule has 1 aliphatic carbocycles. The summed E-state index contributed by atoms with van der Waals surface area (Å²) in [7, 11) is 1.90. The third-order valence-electron chi connectivity index (χ3n) is 3.11. The molecule has 2 rings (SSSR count). The highest BCUT2D eigenvalue weighted by molar-refractivity contribution is 9.10. The van der Waals surface area contributed by atoms with Gasteiger partial charge in [0.15, 0.2) is 0 Å².